The SMILES string of the molecule is C=NC(C)CSC[C@H]1CCCN1. The zero-order chi connectivity index (χ0) is 8.81. The molecular weight excluding hydrogens is 168 g/mol. The smallest absolute Gasteiger partial charge is 0.0554 e. The van der Waals surface area contributed by atoms with E-state index in [4.69, 9.17) is 0 Å². The van der Waals surface area contributed by atoms with Crippen LogP contribution >= 0.6 is 11.8 Å². The third-order valence-corrected chi connectivity index (χ3v) is 3.51. The molecule has 0 spiro atoms. The van der Waals surface area contributed by atoms with Crippen molar-refractivity contribution >= 4 is 18.5 Å². The second-order valence-corrected chi connectivity index (χ2v) is 4.44. The van der Waals surface area contributed by atoms with Gasteiger partial charge in [-0.15, -0.1) is 0 Å². The van der Waals surface area contributed by atoms with Crippen LogP contribution in [0.25, 0.3) is 0 Å². The fourth-order valence-corrected chi connectivity index (χ4v) is 2.48. The van der Waals surface area contributed by atoms with Crippen LogP contribution in [0.5, 0.6) is 0 Å². The average molecular weight is 186 g/mol. The molecule has 0 aliphatic carbocycles. The van der Waals surface area contributed by atoms with Crippen LogP contribution in [-0.4, -0.2) is 36.9 Å². The van der Waals surface area contributed by atoms with Gasteiger partial charge in [0.15, 0.2) is 0 Å². The van der Waals surface area contributed by atoms with Gasteiger partial charge in [-0.1, -0.05) is 0 Å². The minimum Gasteiger partial charge on any atom is -0.313 e. The summed E-state index contributed by atoms with van der Waals surface area (Å²) in [4.78, 5) is 3.96. The van der Waals surface area contributed by atoms with Crippen molar-refractivity contribution in [1.29, 1.82) is 0 Å². The molecule has 1 heterocycles. The number of nitrogens with one attached hydrogen (secondary N) is 1. The molecule has 12 heavy (non-hydrogen) atoms. The van der Waals surface area contributed by atoms with Crippen molar-refractivity contribution in [2.45, 2.75) is 31.8 Å². The van der Waals surface area contributed by atoms with E-state index in [9.17, 15) is 0 Å². The summed E-state index contributed by atoms with van der Waals surface area (Å²) < 4.78 is 0. The van der Waals surface area contributed by atoms with Gasteiger partial charge in [0.25, 0.3) is 0 Å². The molecule has 1 aliphatic rings. The Kier molecular flexibility index (Phi) is 4.69. The lowest BCUT2D eigenvalue weighted by Crippen LogP contribution is -2.24. The van der Waals surface area contributed by atoms with E-state index in [0.717, 1.165) is 11.8 Å². The second-order valence-electron chi connectivity index (χ2n) is 3.36. The molecule has 1 rings (SSSR count). The third-order valence-electron chi connectivity index (χ3n) is 2.15. The Morgan fingerprint density at radius 2 is 2.58 bits per heavy atom. The van der Waals surface area contributed by atoms with Crippen molar-refractivity contribution in [2.75, 3.05) is 18.1 Å². The molecule has 0 bridgehead atoms. The highest BCUT2D eigenvalue weighted by Gasteiger charge is 2.13. The van der Waals surface area contributed by atoms with Crippen molar-refractivity contribution in [3.05, 3.63) is 0 Å². The Bertz CT molecular complexity index is 132. The van der Waals surface area contributed by atoms with Crippen LogP contribution in [0.3, 0.4) is 0 Å². The van der Waals surface area contributed by atoms with E-state index in [1.165, 1.54) is 25.1 Å². The molecule has 2 nitrogen and oxygen atoms in total. The lowest BCUT2D eigenvalue weighted by atomic mass is 10.3. The van der Waals surface area contributed by atoms with Gasteiger partial charge in [-0.2, -0.15) is 11.8 Å². The Hall–Kier alpha value is -0.0200. The van der Waals surface area contributed by atoms with E-state index in [1.807, 2.05) is 11.8 Å². The standard InChI is InChI=1S/C9H18N2S/c1-8(10-2)6-12-7-9-4-3-5-11-9/h8-9,11H,2-7H2,1H3/t8?,9-/m1/s1. The molecule has 70 valence electrons. The van der Waals surface area contributed by atoms with Crippen LogP contribution in [0.2, 0.25) is 0 Å². The number of nitrogens with zero attached hydrogens (tertiary/aromatic N) is 1. The van der Waals surface area contributed by atoms with Gasteiger partial charge in [0.1, 0.15) is 0 Å². The second kappa shape index (κ2) is 5.60. The number of rotatable bonds is 5. The minimum atomic E-state index is 0.413. The molecule has 1 fully saturated rings. The summed E-state index contributed by atoms with van der Waals surface area (Å²) in [5, 5.41) is 3.48. The first-order valence-corrected chi connectivity index (χ1v) is 5.75. The van der Waals surface area contributed by atoms with Gasteiger partial charge < -0.3 is 5.32 Å². The van der Waals surface area contributed by atoms with Crippen LogP contribution in [0.15, 0.2) is 4.99 Å². The zero-order valence-corrected chi connectivity index (χ0v) is 8.57. The third kappa shape index (κ3) is 3.59. The van der Waals surface area contributed by atoms with Crippen LogP contribution < -0.4 is 5.32 Å². The number of aliphatic imine (C=N–C) groups is 1. The first kappa shape index (κ1) is 10.1. The van der Waals surface area contributed by atoms with E-state index >= 15 is 0 Å². The van der Waals surface area contributed by atoms with Gasteiger partial charge in [-0.25, -0.2) is 0 Å². The van der Waals surface area contributed by atoms with Crippen molar-refractivity contribution in [2.24, 2.45) is 4.99 Å². The van der Waals surface area contributed by atoms with Gasteiger partial charge in [-0.05, 0) is 33.0 Å². The number of hydrogen-bond acceptors (Lipinski definition) is 3. The van der Waals surface area contributed by atoms with E-state index in [-0.39, 0.29) is 0 Å². The van der Waals surface area contributed by atoms with Gasteiger partial charge in [0.05, 0.1) is 6.04 Å². The fourth-order valence-electron chi connectivity index (χ4n) is 1.33. The Labute approximate surface area is 79.2 Å². The number of hydrogen-bond donors (Lipinski definition) is 1. The molecule has 0 aromatic heterocycles. The summed E-state index contributed by atoms with van der Waals surface area (Å²) in [6.07, 6.45) is 2.70. The monoisotopic (exact) mass is 186 g/mol. The first-order valence-electron chi connectivity index (χ1n) is 4.60. The maximum absolute atomic E-state index is 3.96. The Balaban J connectivity index is 1.97. The molecular formula is C9H18N2S. The Morgan fingerprint density at radius 3 is 3.17 bits per heavy atom. The molecule has 0 aromatic carbocycles. The normalized spacial score (nSPS) is 25.6. The highest BCUT2D eigenvalue weighted by molar-refractivity contribution is 7.99. The summed E-state index contributed by atoms with van der Waals surface area (Å²) in [6, 6.07) is 1.17. The first-order chi connectivity index (χ1) is 5.83. The van der Waals surface area contributed by atoms with Crippen LogP contribution in [0, 0.1) is 0 Å². The lowest BCUT2D eigenvalue weighted by molar-refractivity contribution is 0.673. The topological polar surface area (TPSA) is 24.4 Å². The van der Waals surface area contributed by atoms with Gasteiger partial charge >= 0.3 is 0 Å². The van der Waals surface area contributed by atoms with Crippen LogP contribution in [0.4, 0.5) is 0 Å². The summed E-state index contributed by atoms with van der Waals surface area (Å²) in [7, 11) is 0. The minimum absolute atomic E-state index is 0.413. The summed E-state index contributed by atoms with van der Waals surface area (Å²) >= 11 is 1.99. The molecule has 0 aromatic rings. The maximum atomic E-state index is 3.96. The Morgan fingerprint density at radius 1 is 1.75 bits per heavy atom. The molecule has 1 saturated heterocycles. The molecule has 0 radical (unpaired) electrons. The fraction of sp³-hybridized carbons (Fsp3) is 0.889. The zero-order valence-electron chi connectivity index (χ0n) is 7.75. The van der Waals surface area contributed by atoms with Gasteiger partial charge in [0, 0.05) is 17.5 Å². The van der Waals surface area contributed by atoms with Crippen molar-refractivity contribution in [3.8, 4) is 0 Å². The molecule has 0 amide bonds. The lowest BCUT2D eigenvalue weighted by Gasteiger charge is -2.10. The van der Waals surface area contributed by atoms with E-state index in [0.29, 0.717) is 6.04 Å². The molecule has 2 atom stereocenters. The molecule has 0 saturated carbocycles. The van der Waals surface area contributed by atoms with Crippen molar-refractivity contribution in [1.82, 2.24) is 5.32 Å². The van der Waals surface area contributed by atoms with Gasteiger partial charge in [0.2, 0.25) is 0 Å². The molecule has 1 aliphatic heterocycles. The average Bonchev–Trinajstić information content (AvgIpc) is 2.57. The summed E-state index contributed by atoms with van der Waals surface area (Å²) in [5.74, 6) is 2.35. The predicted molar refractivity (Wildman–Crippen MR) is 57.4 cm³/mol. The van der Waals surface area contributed by atoms with Crippen molar-refractivity contribution < 1.29 is 0 Å². The maximum Gasteiger partial charge on any atom is 0.0554 e. The van der Waals surface area contributed by atoms with Gasteiger partial charge in [-0.3, -0.25) is 4.99 Å². The number of thioether (sulfide) groups is 1. The summed E-state index contributed by atoms with van der Waals surface area (Å²) in [6.45, 7) is 6.85. The van der Waals surface area contributed by atoms with E-state index in [1.54, 1.807) is 0 Å². The largest absolute Gasteiger partial charge is 0.313 e. The molecule has 1 unspecified atom stereocenters. The summed E-state index contributed by atoms with van der Waals surface area (Å²) in [5.41, 5.74) is 0. The highest BCUT2D eigenvalue weighted by atomic mass is 32.2. The van der Waals surface area contributed by atoms with Crippen LogP contribution in [0.1, 0.15) is 19.8 Å². The van der Waals surface area contributed by atoms with Crippen LogP contribution in [-0.2, 0) is 0 Å². The molecule has 3 heteroatoms. The van der Waals surface area contributed by atoms with E-state index < -0.39 is 0 Å². The molecule has 1 N–H and O–H groups in total. The van der Waals surface area contributed by atoms with Crippen molar-refractivity contribution in [3.63, 3.8) is 0 Å². The van der Waals surface area contributed by atoms with E-state index in [2.05, 4.69) is 24.0 Å². The predicted octanol–water partition coefficient (Wildman–Crippen LogP) is 1.56. The highest BCUT2D eigenvalue weighted by Crippen LogP contribution is 2.13. The quantitative estimate of drug-likeness (QED) is 0.659.